The van der Waals surface area contributed by atoms with Gasteiger partial charge in [0.15, 0.2) is 0 Å². The van der Waals surface area contributed by atoms with Crippen LogP contribution in [0.3, 0.4) is 0 Å². The summed E-state index contributed by atoms with van der Waals surface area (Å²) < 4.78 is 4.02. The van der Waals surface area contributed by atoms with Crippen molar-refractivity contribution >= 4 is 28.5 Å². The third-order valence-electron chi connectivity index (χ3n) is 4.80. The van der Waals surface area contributed by atoms with Gasteiger partial charge in [0, 0.05) is 39.3 Å². The standard InChI is InChI=1S/C19H21ClN4O3/c1-5-24(11-12-6-8-13(20)9-7-12)18(26)15-10-14-16(21(15)2)22(3)19(27)23(4)17(14)25/h6-10H,5,11H2,1-4H3. The van der Waals surface area contributed by atoms with Crippen molar-refractivity contribution in [3.63, 3.8) is 0 Å². The van der Waals surface area contributed by atoms with E-state index in [0.29, 0.717) is 34.8 Å². The second-order valence-corrected chi connectivity index (χ2v) is 6.91. The first-order chi connectivity index (χ1) is 12.8. The molecule has 0 aliphatic carbocycles. The molecule has 0 atom stereocenters. The van der Waals surface area contributed by atoms with E-state index >= 15 is 0 Å². The highest BCUT2D eigenvalue weighted by molar-refractivity contribution is 6.30. The molecule has 0 N–H and O–H groups in total. The minimum Gasteiger partial charge on any atom is -0.333 e. The molecular formula is C19H21ClN4O3. The Kier molecular flexibility index (Phi) is 4.97. The molecule has 1 aromatic carbocycles. The molecule has 1 amide bonds. The summed E-state index contributed by atoms with van der Waals surface area (Å²) in [5.41, 5.74) is 0.898. The topological polar surface area (TPSA) is 69.2 Å². The Balaban J connectivity index is 2.06. The van der Waals surface area contributed by atoms with Crippen LogP contribution >= 0.6 is 11.6 Å². The number of rotatable bonds is 4. The number of aryl methyl sites for hydroxylation is 2. The van der Waals surface area contributed by atoms with Crippen molar-refractivity contribution in [2.45, 2.75) is 13.5 Å². The van der Waals surface area contributed by atoms with Crippen molar-refractivity contribution in [1.82, 2.24) is 18.6 Å². The highest BCUT2D eigenvalue weighted by Gasteiger charge is 2.22. The van der Waals surface area contributed by atoms with Crippen LogP contribution in [0.15, 0.2) is 39.9 Å². The molecule has 0 fully saturated rings. The number of fused-ring (bicyclic) bond motifs is 1. The fourth-order valence-corrected chi connectivity index (χ4v) is 3.37. The van der Waals surface area contributed by atoms with Crippen molar-refractivity contribution in [3.05, 3.63) is 67.4 Å². The maximum atomic E-state index is 13.1. The van der Waals surface area contributed by atoms with Crippen molar-refractivity contribution in [2.24, 2.45) is 21.1 Å². The number of nitrogens with zero attached hydrogens (tertiary/aromatic N) is 4. The Morgan fingerprint density at radius 2 is 1.67 bits per heavy atom. The molecule has 27 heavy (non-hydrogen) atoms. The van der Waals surface area contributed by atoms with Crippen LogP contribution < -0.4 is 11.2 Å². The van der Waals surface area contributed by atoms with E-state index in [0.717, 1.165) is 10.1 Å². The lowest BCUT2D eigenvalue weighted by Gasteiger charge is -2.21. The van der Waals surface area contributed by atoms with Crippen LogP contribution in [-0.4, -0.2) is 31.1 Å². The first kappa shape index (κ1) is 19.0. The third-order valence-corrected chi connectivity index (χ3v) is 5.05. The summed E-state index contributed by atoms with van der Waals surface area (Å²) in [6, 6.07) is 8.87. The summed E-state index contributed by atoms with van der Waals surface area (Å²) in [4.78, 5) is 39.4. The number of benzene rings is 1. The lowest BCUT2D eigenvalue weighted by molar-refractivity contribution is 0.0743. The van der Waals surface area contributed by atoms with E-state index in [1.54, 1.807) is 41.8 Å². The SMILES string of the molecule is CCN(Cc1ccc(Cl)cc1)C(=O)c1cc2c(=O)n(C)c(=O)n(C)c2n1C. The van der Waals surface area contributed by atoms with Crippen LogP contribution in [0.5, 0.6) is 0 Å². The molecular weight excluding hydrogens is 368 g/mol. The lowest BCUT2D eigenvalue weighted by Crippen LogP contribution is -2.37. The number of amides is 1. The molecule has 2 aromatic heterocycles. The Hall–Kier alpha value is -2.80. The van der Waals surface area contributed by atoms with Gasteiger partial charge in [-0.3, -0.25) is 18.7 Å². The predicted octanol–water partition coefficient (Wildman–Crippen LogP) is 1.89. The largest absolute Gasteiger partial charge is 0.333 e. The molecule has 0 aliphatic heterocycles. The van der Waals surface area contributed by atoms with E-state index in [4.69, 9.17) is 11.6 Å². The number of carbonyl (C=O) groups excluding carboxylic acids is 1. The van der Waals surface area contributed by atoms with E-state index in [1.165, 1.54) is 11.6 Å². The molecule has 0 radical (unpaired) electrons. The van der Waals surface area contributed by atoms with Crippen molar-refractivity contribution < 1.29 is 4.79 Å². The molecule has 2 heterocycles. The van der Waals surface area contributed by atoms with E-state index in [1.807, 2.05) is 19.1 Å². The Morgan fingerprint density at radius 1 is 1.04 bits per heavy atom. The van der Waals surface area contributed by atoms with E-state index < -0.39 is 11.2 Å². The van der Waals surface area contributed by atoms with Gasteiger partial charge in [0.25, 0.3) is 11.5 Å². The van der Waals surface area contributed by atoms with Crippen LogP contribution in [0.25, 0.3) is 11.0 Å². The predicted molar refractivity (Wildman–Crippen MR) is 105 cm³/mol. The van der Waals surface area contributed by atoms with Crippen LogP contribution in [0.4, 0.5) is 0 Å². The zero-order valence-corrected chi connectivity index (χ0v) is 16.4. The number of hydrogen-bond acceptors (Lipinski definition) is 3. The molecule has 0 saturated heterocycles. The summed E-state index contributed by atoms with van der Waals surface area (Å²) in [6.07, 6.45) is 0. The monoisotopic (exact) mass is 388 g/mol. The van der Waals surface area contributed by atoms with Gasteiger partial charge in [0.1, 0.15) is 11.3 Å². The van der Waals surface area contributed by atoms with Gasteiger partial charge in [0.05, 0.1) is 5.39 Å². The number of carbonyl (C=O) groups is 1. The maximum absolute atomic E-state index is 13.1. The number of halogens is 1. The molecule has 7 nitrogen and oxygen atoms in total. The van der Waals surface area contributed by atoms with Crippen molar-refractivity contribution in [1.29, 1.82) is 0 Å². The lowest BCUT2D eigenvalue weighted by atomic mass is 10.2. The van der Waals surface area contributed by atoms with Crippen LogP contribution in [-0.2, 0) is 27.7 Å². The quantitative estimate of drug-likeness (QED) is 0.685. The summed E-state index contributed by atoms with van der Waals surface area (Å²) in [5.74, 6) is -0.208. The van der Waals surface area contributed by atoms with Crippen LogP contribution in [0.2, 0.25) is 5.02 Å². The molecule has 0 spiro atoms. The molecule has 0 saturated carbocycles. The zero-order chi connectivity index (χ0) is 19.9. The first-order valence-electron chi connectivity index (χ1n) is 8.55. The molecule has 3 aromatic rings. The normalized spacial score (nSPS) is 11.1. The summed E-state index contributed by atoms with van der Waals surface area (Å²) in [5, 5.41) is 0.978. The third kappa shape index (κ3) is 3.19. The second-order valence-electron chi connectivity index (χ2n) is 6.48. The fourth-order valence-electron chi connectivity index (χ4n) is 3.24. The molecule has 142 valence electrons. The molecule has 0 unspecified atom stereocenters. The van der Waals surface area contributed by atoms with Gasteiger partial charge in [-0.1, -0.05) is 23.7 Å². The number of aromatic nitrogens is 3. The maximum Gasteiger partial charge on any atom is 0.332 e. The highest BCUT2D eigenvalue weighted by atomic mass is 35.5. The van der Waals surface area contributed by atoms with Gasteiger partial charge in [-0.2, -0.15) is 0 Å². The van der Waals surface area contributed by atoms with Crippen molar-refractivity contribution in [2.75, 3.05) is 6.54 Å². The van der Waals surface area contributed by atoms with Crippen molar-refractivity contribution in [3.8, 4) is 0 Å². The molecule has 0 aliphatic rings. The molecule has 3 rings (SSSR count). The van der Waals surface area contributed by atoms with E-state index in [9.17, 15) is 14.4 Å². The first-order valence-corrected chi connectivity index (χ1v) is 8.93. The fraction of sp³-hybridized carbons (Fsp3) is 0.316. The molecule has 0 bridgehead atoms. The van der Waals surface area contributed by atoms with Gasteiger partial charge in [0.2, 0.25) is 0 Å². The summed E-state index contributed by atoms with van der Waals surface area (Å²) in [7, 11) is 4.70. The van der Waals surface area contributed by atoms with Crippen LogP contribution in [0, 0.1) is 0 Å². The molecule has 8 heteroatoms. The Morgan fingerprint density at radius 3 is 2.26 bits per heavy atom. The average molecular weight is 389 g/mol. The van der Waals surface area contributed by atoms with Gasteiger partial charge >= 0.3 is 5.69 Å². The Labute approximate surface area is 161 Å². The van der Waals surface area contributed by atoms with E-state index in [2.05, 4.69) is 0 Å². The average Bonchev–Trinajstić information content (AvgIpc) is 3.01. The Bertz CT molecular complexity index is 1140. The van der Waals surface area contributed by atoms with Gasteiger partial charge in [-0.15, -0.1) is 0 Å². The highest BCUT2D eigenvalue weighted by Crippen LogP contribution is 2.18. The van der Waals surface area contributed by atoms with Crippen LogP contribution in [0.1, 0.15) is 23.0 Å². The summed E-state index contributed by atoms with van der Waals surface area (Å²) in [6.45, 7) is 2.82. The van der Waals surface area contributed by atoms with Gasteiger partial charge in [-0.05, 0) is 30.7 Å². The summed E-state index contributed by atoms with van der Waals surface area (Å²) >= 11 is 5.92. The minimum atomic E-state index is -0.429. The smallest absolute Gasteiger partial charge is 0.332 e. The second kappa shape index (κ2) is 7.08. The zero-order valence-electron chi connectivity index (χ0n) is 15.7. The van der Waals surface area contributed by atoms with Gasteiger partial charge < -0.3 is 9.47 Å². The minimum absolute atomic E-state index is 0.208. The van der Waals surface area contributed by atoms with Gasteiger partial charge in [-0.25, -0.2) is 4.79 Å². The number of hydrogen-bond donors (Lipinski definition) is 0. The van der Waals surface area contributed by atoms with E-state index in [-0.39, 0.29) is 5.91 Å².